The monoisotopic (exact) mass is 431 g/mol. The van der Waals surface area contributed by atoms with Crippen LogP contribution in [0.1, 0.15) is 25.6 Å². The molecule has 8 heteroatoms. The number of imidazole rings is 1. The number of aromatic nitrogens is 3. The molecule has 1 amide bonds. The molecule has 3 N–H and O–H groups in total. The van der Waals surface area contributed by atoms with E-state index in [0.29, 0.717) is 24.8 Å². The highest BCUT2D eigenvalue weighted by molar-refractivity contribution is 9.10. The molecule has 3 aromatic rings. The topological polar surface area (TPSA) is 97.3 Å². The number of aryl methyl sites for hydroxylation is 1. The summed E-state index contributed by atoms with van der Waals surface area (Å²) in [6.07, 6.45) is 1.70. The number of amides is 1. The maximum atomic E-state index is 11.2. The summed E-state index contributed by atoms with van der Waals surface area (Å²) in [6.45, 7) is 4.09. The van der Waals surface area contributed by atoms with E-state index >= 15 is 0 Å². The molecule has 1 aliphatic heterocycles. The van der Waals surface area contributed by atoms with Crippen molar-refractivity contribution in [3.8, 4) is 0 Å². The van der Waals surface area contributed by atoms with Gasteiger partial charge in [0.2, 0.25) is 0 Å². The molecular formula is C19H22BrN5O2. The zero-order valence-electron chi connectivity index (χ0n) is 15.2. The van der Waals surface area contributed by atoms with E-state index in [0.717, 1.165) is 58.0 Å². The van der Waals surface area contributed by atoms with Gasteiger partial charge in [-0.1, -0.05) is 22.9 Å². The van der Waals surface area contributed by atoms with Gasteiger partial charge in [-0.2, -0.15) is 0 Å². The van der Waals surface area contributed by atoms with Crippen molar-refractivity contribution in [2.75, 3.05) is 18.8 Å². The first kappa shape index (κ1) is 18.0. The van der Waals surface area contributed by atoms with Gasteiger partial charge in [0, 0.05) is 35.9 Å². The van der Waals surface area contributed by atoms with Gasteiger partial charge in [-0.25, -0.2) is 14.8 Å². The van der Waals surface area contributed by atoms with Crippen LogP contribution in [0.2, 0.25) is 0 Å². The lowest BCUT2D eigenvalue weighted by molar-refractivity contribution is 0.121. The first-order chi connectivity index (χ1) is 13.0. The van der Waals surface area contributed by atoms with Crippen molar-refractivity contribution in [1.82, 2.24) is 19.4 Å². The van der Waals surface area contributed by atoms with Crippen LogP contribution in [0.4, 0.5) is 10.6 Å². The second-order valence-electron chi connectivity index (χ2n) is 7.06. The highest BCUT2D eigenvalue weighted by atomic mass is 79.9. The molecular weight excluding hydrogens is 410 g/mol. The van der Waals surface area contributed by atoms with Crippen molar-refractivity contribution in [1.29, 1.82) is 0 Å². The summed E-state index contributed by atoms with van der Waals surface area (Å²) in [6, 6.07) is 6.03. The number of nitrogen functional groups attached to an aromatic ring is 1. The fourth-order valence-electron chi connectivity index (χ4n) is 3.96. The Bertz CT molecular complexity index is 1020. The van der Waals surface area contributed by atoms with Gasteiger partial charge < -0.3 is 20.3 Å². The zero-order chi connectivity index (χ0) is 19.1. The van der Waals surface area contributed by atoms with Crippen molar-refractivity contribution >= 4 is 49.8 Å². The van der Waals surface area contributed by atoms with E-state index in [1.807, 2.05) is 12.1 Å². The minimum Gasteiger partial charge on any atom is -0.465 e. The Morgan fingerprint density at radius 2 is 2.07 bits per heavy atom. The largest absolute Gasteiger partial charge is 0.465 e. The molecule has 0 bridgehead atoms. The van der Waals surface area contributed by atoms with Crippen LogP contribution in [-0.4, -0.2) is 43.7 Å². The number of piperidine rings is 1. The Labute approximate surface area is 165 Å². The van der Waals surface area contributed by atoms with Gasteiger partial charge in [-0.3, -0.25) is 0 Å². The van der Waals surface area contributed by atoms with E-state index in [4.69, 9.17) is 15.8 Å². The summed E-state index contributed by atoms with van der Waals surface area (Å²) in [5, 5.41) is 10.2. The molecule has 2 aromatic heterocycles. The van der Waals surface area contributed by atoms with Crippen LogP contribution < -0.4 is 5.73 Å². The Hall–Kier alpha value is -2.35. The first-order valence-electron chi connectivity index (χ1n) is 9.19. The standard InChI is InChI=1S/C19H22BrN5O2/c1-2-15-23-16-17(13-4-3-12(20)9-14(13)22-18(16)21)25(15)10-11-5-7-24(8-6-11)19(26)27/h3-4,9,11H,2,5-8,10H2,1H3,(H2,21,22)(H,26,27). The lowest BCUT2D eigenvalue weighted by Gasteiger charge is -2.30. The molecule has 1 fully saturated rings. The number of hydrogen-bond acceptors (Lipinski definition) is 4. The van der Waals surface area contributed by atoms with Crippen LogP contribution in [0.15, 0.2) is 22.7 Å². The highest BCUT2D eigenvalue weighted by Gasteiger charge is 2.25. The van der Waals surface area contributed by atoms with Gasteiger partial charge in [0.25, 0.3) is 0 Å². The van der Waals surface area contributed by atoms with Crippen LogP contribution in [0.5, 0.6) is 0 Å². The summed E-state index contributed by atoms with van der Waals surface area (Å²) in [4.78, 5) is 21.9. The van der Waals surface area contributed by atoms with E-state index in [1.54, 1.807) is 0 Å². The van der Waals surface area contributed by atoms with Gasteiger partial charge in [0.15, 0.2) is 5.82 Å². The van der Waals surface area contributed by atoms with Gasteiger partial charge in [0.1, 0.15) is 11.3 Å². The molecule has 1 aliphatic rings. The molecule has 3 heterocycles. The smallest absolute Gasteiger partial charge is 0.407 e. The molecule has 27 heavy (non-hydrogen) atoms. The van der Waals surface area contributed by atoms with E-state index in [-0.39, 0.29) is 0 Å². The molecule has 0 spiro atoms. The number of likely N-dealkylation sites (tertiary alicyclic amines) is 1. The summed E-state index contributed by atoms with van der Waals surface area (Å²) in [7, 11) is 0. The number of pyridine rings is 1. The lowest BCUT2D eigenvalue weighted by Crippen LogP contribution is -2.38. The highest BCUT2D eigenvalue weighted by Crippen LogP contribution is 2.32. The number of benzene rings is 1. The van der Waals surface area contributed by atoms with Crippen molar-refractivity contribution in [3.05, 3.63) is 28.5 Å². The number of fused-ring (bicyclic) bond motifs is 3. The minimum atomic E-state index is -0.828. The third-order valence-electron chi connectivity index (χ3n) is 5.39. The fourth-order valence-corrected chi connectivity index (χ4v) is 4.31. The van der Waals surface area contributed by atoms with Gasteiger partial charge >= 0.3 is 6.09 Å². The Morgan fingerprint density at radius 1 is 1.33 bits per heavy atom. The summed E-state index contributed by atoms with van der Waals surface area (Å²) >= 11 is 3.50. The van der Waals surface area contributed by atoms with Crippen LogP contribution in [-0.2, 0) is 13.0 Å². The number of rotatable bonds is 3. The maximum Gasteiger partial charge on any atom is 0.407 e. The average Bonchev–Trinajstić information content (AvgIpc) is 3.01. The molecule has 0 atom stereocenters. The second-order valence-corrected chi connectivity index (χ2v) is 7.98. The van der Waals surface area contributed by atoms with Crippen molar-refractivity contribution < 1.29 is 9.90 Å². The van der Waals surface area contributed by atoms with Crippen LogP contribution in [0, 0.1) is 5.92 Å². The average molecular weight is 432 g/mol. The van der Waals surface area contributed by atoms with Crippen LogP contribution >= 0.6 is 15.9 Å². The molecule has 0 unspecified atom stereocenters. The zero-order valence-corrected chi connectivity index (χ0v) is 16.7. The summed E-state index contributed by atoms with van der Waals surface area (Å²) < 4.78 is 3.23. The number of carbonyl (C=O) groups is 1. The molecule has 0 aliphatic carbocycles. The van der Waals surface area contributed by atoms with Crippen LogP contribution in [0.25, 0.3) is 21.9 Å². The molecule has 1 aromatic carbocycles. The van der Waals surface area contributed by atoms with Crippen LogP contribution in [0.3, 0.4) is 0 Å². The van der Waals surface area contributed by atoms with E-state index in [1.165, 1.54) is 4.90 Å². The number of nitrogens with two attached hydrogens (primary N) is 1. The number of anilines is 1. The van der Waals surface area contributed by atoms with Gasteiger partial charge in [-0.15, -0.1) is 0 Å². The summed E-state index contributed by atoms with van der Waals surface area (Å²) in [5.41, 5.74) is 8.85. The number of nitrogens with zero attached hydrogens (tertiary/aromatic N) is 4. The lowest BCUT2D eigenvalue weighted by atomic mass is 9.96. The van der Waals surface area contributed by atoms with E-state index < -0.39 is 6.09 Å². The predicted molar refractivity (Wildman–Crippen MR) is 109 cm³/mol. The first-order valence-corrected chi connectivity index (χ1v) is 9.99. The minimum absolute atomic E-state index is 0.420. The van der Waals surface area contributed by atoms with E-state index in [9.17, 15) is 4.79 Å². The summed E-state index contributed by atoms with van der Waals surface area (Å²) in [5.74, 6) is 1.86. The molecule has 1 saturated heterocycles. The number of hydrogen-bond donors (Lipinski definition) is 2. The normalized spacial score (nSPS) is 15.7. The maximum absolute atomic E-state index is 11.2. The number of carboxylic acid groups (broad SMARTS) is 1. The van der Waals surface area contributed by atoms with Crippen molar-refractivity contribution in [2.45, 2.75) is 32.7 Å². The van der Waals surface area contributed by atoms with Crippen molar-refractivity contribution in [3.63, 3.8) is 0 Å². The Kier molecular flexibility index (Phi) is 4.67. The molecule has 7 nitrogen and oxygen atoms in total. The second kappa shape index (κ2) is 6.99. The molecule has 4 rings (SSSR count). The predicted octanol–water partition coefficient (Wildman–Crippen LogP) is 3.88. The van der Waals surface area contributed by atoms with E-state index in [2.05, 4.69) is 38.5 Å². The Morgan fingerprint density at radius 3 is 2.74 bits per heavy atom. The third-order valence-corrected chi connectivity index (χ3v) is 5.88. The van der Waals surface area contributed by atoms with Crippen molar-refractivity contribution in [2.24, 2.45) is 5.92 Å². The quantitative estimate of drug-likeness (QED) is 0.655. The fraction of sp³-hybridized carbons (Fsp3) is 0.421. The SMILES string of the molecule is CCc1nc2c(N)nc3cc(Br)ccc3c2n1CC1CCN(C(=O)O)CC1. The number of halogens is 1. The van der Waals surface area contributed by atoms with Gasteiger partial charge in [-0.05, 0) is 37.0 Å². The van der Waals surface area contributed by atoms with Gasteiger partial charge in [0.05, 0.1) is 11.0 Å². The third kappa shape index (κ3) is 3.22. The molecule has 0 saturated carbocycles. The Balaban J connectivity index is 1.77. The molecule has 0 radical (unpaired) electrons. The molecule has 142 valence electrons.